The Bertz CT molecular complexity index is 246. The molecule has 14 heavy (non-hydrogen) atoms. The van der Waals surface area contributed by atoms with Crippen LogP contribution in [0.4, 0.5) is 4.79 Å². The Balaban J connectivity index is 1.85. The van der Waals surface area contributed by atoms with Crippen molar-refractivity contribution in [3.63, 3.8) is 0 Å². The minimum atomic E-state index is -0.444. The zero-order valence-corrected chi connectivity index (χ0v) is 8.95. The minimum Gasteiger partial charge on any atom is -0.442 e. The molecule has 0 N–H and O–H groups in total. The Labute approximate surface area is 84.1 Å². The fourth-order valence-corrected chi connectivity index (χ4v) is 1.60. The first-order valence-corrected chi connectivity index (χ1v) is 5.13. The fourth-order valence-electron chi connectivity index (χ4n) is 1.60. The van der Waals surface area contributed by atoms with E-state index in [9.17, 15) is 4.79 Å². The van der Waals surface area contributed by atoms with E-state index in [-0.39, 0.29) is 12.2 Å². The van der Waals surface area contributed by atoms with Gasteiger partial charge in [-0.3, -0.25) is 4.84 Å². The van der Waals surface area contributed by atoms with Crippen molar-refractivity contribution in [3.8, 4) is 0 Å². The van der Waals surface area contributed by atoms with Gasteiger partial charge in [0.2, 0.25) is 0 Å². The molecule has 0 bridgehead atoms. The van der Waals surface area contributed by atoms with E-state index in [1.165, 1.54) is 5.06 Å². The van der Waals surface area contributed by atoms with E-state index >= 15 is 0 Å². The SMILES string of the molecule is CC(C)(C)OC(=O)N1CCC2CC2O1. The first-order chi connectivity index (χ1) is 6.46. The number of hydrogen-bond acceptors (Lipinski definition) is 3. The molecule has 2 atom stereocenters. The van der Waals surface area contributed by atoms with Gasteiger partial charge in [0, 0.05) is 0 Å². The molecule has 1 heterocycles. The molecule has 0 radical (unpaired) electrons. The van der Waals surface area contributed by atoms with Crippen molar-refractivity contribution in [2.75, 3.05) is 6.54 Å². The van der Waals surface area contributed by atoms with Crippen LogP contribution in [0.25, 0.3) is 0 Å². The molecule has 2 unspecified atom stereocenters. The number of nitrogens with zero attached hydrogens (tertiary/aromatic N) is 1. The average Bonchev–Trinajstić information content (AvgIpc) is 2.77. The molecule has 4 heteroatoms. The van der Waals surface area contributed by atoms with Gasteiger partial charge in [-0.05, 0) is 39.5 Å². The third kappa shape index (κ3) is 2.18. The van der Waals surface area contributed by atoms with Crippen molar-refractivity contribution >= 4 is 6.09 Å². The maximum absolute atomic E-state index is 11.6. The summed E-state index contributed by atoms with van der Waals surface area (Å²) in [5, 5.41) is 1.36. The van der Waals surface area contributed by atoms with Gasteiger partial charge in [-0.25, -0.2) is 4.79 Å². The molecular weight excluding hydrogens is 182 g/mol. The summed E-state index contributed by atoms with van der Waals surface area (Å²) in [5.41, 5.74) is -0.444. The summed E-state index contributed by atoms with van der Waals surface area (Å²) in [6, 6.07) is 0. The molecule has 80 valence electrons. The Morgan fingerprint density at radius 1 is 1.50 bits per heavy atom. The number of hydrogen-bond donors (Lipinski definition) is 0. The number of rotatable bonds is 0. The molecule has 1 amide bonds. The Morgan fingerprint density at radius 3 is 2.79 bits per heavy atom. The molecule has 0 aromatic heterocycles. The van der Waals surface area contributed by atoms with Gasteiger partial charge in [-0.1, -0.05) is 0 Å². The summed E-state index contributed by atoms with van der Waals surface area (Å²) in [7, 11) is 0. The standard InChI is InChI=1S/C10H17NO3/c1-10(2,3)13-9(12)11-5-4-7-6-8(7)14-11/h7-8H,4-6H2,1-3H3. The zero-order valence-electron chi connectivity index (χ0n) is 8.95. The summed E-state index contributed by atoms with van der Waals surface area (Å²) in [4.78, 5) is 17.0. The lowest BCUT2D eigenvalue weighted by Gasteiger charge is -2.28. The van der Waals surface area contributed by atoms with Gasteiger partial charge in [-0.15, -0.1) is 0 Å². The van der Waals surface area contributed by atoms with Crippen molar-refractivity contribution in [2.24, 2.45) is 5.92 Å². The van der Waals surface area contributed by atoms with E-state index in [0.29, 0.717) is 12.5 Å². The van der Waals surface area contributed by atoms with Crippen LogP contribution in [0, 0.1) is 5.92 Å². The number of hydroxylamine groups is 2. The maximum Gasteiger partial charge on any atom is 0.434 e. The van der Waals surface area contributed by atoms with Gasteiger partial charge < -0.3 is 4.74 Å². The van der Waals surface area contributed by atoms with Crippen LogP contribution >= 0.6 is 0 Å². The third-order valence-corrected chi connectivity index (χ3v) is 2.42. The van der Waals surface area contributed by atoms with E-state index in [4.69, 9.17) is 9.57 Å². The molecule has 2 aliphatic rings. The van der Waals surface area contributed by atoms with Crippen LogP contribution in [0.5, 0.6) is 0 Å². The largest absolute Gasteiger partial charge is 0.442 e. The molecular formula is C10H17NO3. The van der Waals surface area contributed by atoms with Crippen LogP contribution in [0.1, 0.15) is 33.6 Å². The van der Waals surface area contributed by atoms with Crippen LogP contribution in [0.2, 0.25) is 0 Å². The topological polar surface area (TPSA) is 38.8 Å². The number of amides is 1. The monoisotopic (exact) mass is 199 g/mol. The minimum absolute atomic E-state index is 0.274. The van der Waals surface area contributed by atoms with Gasteiger partial charge >= 0.3 is 6.09 Å². The van der Waals surface area contributed by atoms with Crippen molar-refractivity contribution < 1.29 is 14.4 Å². The first-order valence-electron chi connectivity index (χ1n) is 5.13. The lowest BCUT2D eigenvalue weighted by Crippen LogP contribution is -2.40. The number of carbonyl (C=O) groups is 1. The number of ether oxygens (including phenoxy) is 1. The molecule has 1 aliphatic carbocycles. The Hall–Kier alpha value is -0.770. The van der Waals surface area contributed by atoms with Crippen molar-refractivity contribution in [1.29, 1.82) is 0 Å². The molecule has 4 nitrogen and oxygen atoms in total. The molecule has 1 aliphatic heterocycles. The van der Waals surface area contributed by atoms with Crippen molar-refractivity contribution in [3.05, 3.63) is 0 Å². The summed E-state index contributed by atoms with van der Waals surface area (Å²) in [6.45, 7) is 6.23. The van der Waals surface area contributed by atoms with Crippen LogP contribution in [-0.4, -0.2) is 29.4 Å². The first kappa shape index (κ1) is 9.77. The van der Waals surface area contributed by atoms with Gasteiger partial charge in [-0.2, -0.15) is 5.06 Å². The third-order valence-electron chi connectivity index (χ3n) is 2.42. The fraction of sp³-hybridized carbons (Fsp3) is 0.900. The summed E-state index contributed by atoms with van der Waals surface area (Å²) >= 11 is 0. The highest BCUT2D eigenvalue weighted by atomic mass is 16.7. The van der Waals surface area contributed by atoms with Crippen LogP contribution < -0.4 is 0 Å². The van der Waals surface area contributed by atoms with E-state index < -0.39 is 5.60 Å². The lowest BCUT2D eigenvalue weighted by atomic mass is 10.2. The zero-order chi connectivity index (χ0) is 10.3. The molecule has 0 spiro atoms. The van der Waals surface area contributed by atoms with Crippen molar-refractivity contribution in [2.45, 2.75) is 45.3 Å². The highest BCUT2D eigenvalue weighted by Crippen LogP contribution is 2.41. The predicted molar refractivity (Wildman–Crippen MR) is 50.5 cm³/mol. The average molecular weight is 199 g/mol. The summed E-state index contributed by atoms with van der Waals surface area (Å²) in [5.74, 6) is 0.689. The normalized spacial score (nSPS) is 30.9. The van der Waals surface area contributed by atoms with Gasteiger partial charge in [0.1, 0.15) is 5.60 Å². The van der Waals surface area contributed by atoms with Gasteiger partial charge in [0.25, 0.3) is 0 Å². The second kappa shape index (κ2) is 3.12. The van der Waals surface area contributed by atoms with E-state index in [1.54, 1.807) is 0 Å². The van der Waals surface area contributed by atoms with E-state index in [1.807, 2.05) is 20.8 Å². The van der Waals surface area contributed by atoms with Crippen LogP contribution in [0.15, 0.2) is 0 Å². The van der Waals surface area contributed by atoms with Crippen LogP contribution in [0.3, 0.4) is 0 Å². The summed E-state index contributed by atoms with van der Waals surface area (Å²) in [6.07, 6.45) is 2.06. The smallest absolute Gasteiger partial charge is 0.434 e. The quantitative estimate of drug-likeness (QED) is 0.598. The molecule has 2 fully saturated rings. The highest BCUT2D eigenvalue weighted by Gasteiger charge is 2.45. The number of carbonyl (C=O) groups excluding carboxylic acids is 1. The second-order valence-corrected chi connectivity index (χ2v) is 5.01. The highest BCUT2D eigenvalue weighted by molar-refractivity contribution is 5.67. The Kier molecular flexibility index (Phi) is 2.18. The molecule has 0 aromatic carbocycles. The predicted octanol–water partition coefficient (Wildman–Crippen LogP) is 1.95. The summed E-state index contributed by atoms with van der Waals surface area (Å²) < 4.78 is 5.21. The number of fused-ring (bicyclic) bond motifs is 1. The van der Waals surface area contributed by atoms with Gasteiger partial charge in [0.05, 0.1) is 12.6 Å². The van der Waals surface area contributed by atoms with E-state index in [2.05, 4.69) is 0 Å². The maximum atomic E-state index is 11.6. The Morgan fingerprint density at radius 2 is 2.21 bits per heavy atom. The lowest BCUT2D eigenvalue weighted by molar-refractivity contribution is -0.174. The van der Waals surface area contributed by atoms with Gasteiger partial charge in [0.15, 0.2) is 0 Å². The molecule has 1 saturated carbocycles. The second-order valence-electron chi connectivity index (χ2n) is 5.01. The van der Waals surface area contributed by atoms with Crippen molar-refractivity contribution in [1.82, 2.24) is 5.06 Å². The molecule has 0 aromatic rings. The molecule has 1 saturated heterocycles. The van der Waals surface area contributed by atoms with E-state index in [0.717, 1.165) is 12.8 Å². The van der Waals surface area contributed by atoms with Crippen LogP contribution in [-0.2, 0) is 9.57 Å². The molecule has 2 rings (SSSR count).